The Labute approximate surface area is 94.8 Å². The van der Waals surface area contributed by atoms with Crippen molar-refractivity contribution in [1.29, 1.82) is 0 Å². The fourth-order valence-corrected chi connectivity index (χ4v) is 1.86. The lowest BCUT2D eigenvalue weighted by Crippen LogP contribution is -2.45. The number of hydrogen-bond acceptors (Lipinski definition) is 2. The van der Waals surface area contributed by atoms with Gasteiger partial charge in [-0.05, 0) is 6.07 Å². The topological polar surface area (TPSA) is 29.5 Å². The number of aliphatic hydroxyl groups is 1. The van der Waals surface area contributed by atoms with Crippen LogP contribution in [-0.4, -0.2) is 24.1 Å². The molecule has 94 valence electrons. The molecule has 2 rings (SSSR count). The van der Waals surface area contributed by atoms with Gasteiger partial charge in [0.2, 0.25) is 0 Å². The average Bonchev–Trinajstić information content (AvgIpc) is 2.30. The number of rotatable bonds is 2. The number of halogens is 4. The van der Waals surface area contributed by atoms with Gasteiger partial charge in [-0.2, -0.15) is 0 Å². The molecule has 1 aromatic carbocycles. The minimum atomic E-state index is -1.88. The van der Waals surface area contributed by atoms with Crippen LogP contribution >= 0.6 is 0 Å². The van der Waals surface area contributed by atoms with Crippen molar-refractivity contribution in [3.8, 4) is 5.75 Å². The van der Waals surface area contributed by atoms with E-state index < -0.39 is 42.4 Å². The van der Waals surface area contributed by atoms with E-state index in [0.29, 0.717) is 6.07 Å². The molecular weight excluding hydrogens is 240 g/mol. The SMILES string of the molecule is OC1CC(CF)(CF)Oc2c(F)cc(F)cc21. The molecule has 0 saturated heterocycles. The normalized spacial score (nSPS) is 21.8. The lowest BCUT2D eigenvalue weighted by atomic mass is 9.90. The molecule has 0 aliphatic carbocycles. The van der Waals surface area contributed by atoms with E-state index >= 15 is 0 Å². The maximum atomic E-state index is 13.4. The Morgan fingerprint density at radius 2 is 1.94 bits per heavy atom. The van der Waals surface area contributed by atoms with Crippen LogP contribution in [0.3, 0.4) is 0 Å². The summed E-state index contributed by atoms with van der Waals surface area (Å²) in [5.41, 5.74) is -2.01. The highest BCUT2D eigenvalue weighted by molar-refractivity contribution is 5.40. The molecule has 1 aliphatic heterocycles. The van der Waals surface area contributed by atoms with Crippen LogP contribution in [0.4, 0.5) is 17.6 Å². The zero-order valence-electron chi connectivity index (χ0n) is 8.72. The number of hydrogen-bond donors (Lipinski definition) is 1. The Morgan fingerprint density at radius 1 is 1.29 bits per heavy atom. The van der Waals surface area contributed by atoms with Gasteiger partial charge in [0.1, 0.15) is 19.2 Å². The molecule has 1 N–H and O–H groups in total. The van der Waals surface area contributed by atoms with Crippen molar-refractivity contribution < 1.29 is 27.4 Å². The van der Waals surface area contributed by atoms with Crippen LogP contribution in [0.25, 0.3) is 0 Å². The molecule has 1 unspecified atom stereocenters. The summed E-state index contributed by atoms with van der Waals surface area (Å²) in [4.78, 5) is 0. The number of aliphatic hydroxyl groups excluding tert-OH is 1. The first kappa shape index (κ1) is 12.2. The quantitative estimate of drug-likeness (QED) is 0.817. The summed E-state index contributed by atoms with van der Waals surface area (Å²) >= 11 is 0. The first-order valence-corrected chi connectivity index (χ1v) is 4.99. The Hall–Kier alpha value is -1.30. The first-order chi connectivity index (χ1) is 8.01. The third-order valence-electron chi connectivity index (χ3n) is 2.77. The van der Waals surface area contributed by atoms with Gasteiger partial charge in [0.25, 0.3) is 0 Å². The maximum Gasteiger partial charge on any atom is 0.168 e. The van der Waals surface area contributed by atoms with E-state index in [1.807, 2.05) is 0 Å². The standard InChI is InChI=1S/C11H10F4O2/c12-4-11(5-13)3-9(16)7-1-6(14)2-8(15)10(7)17-11/h1-2,9,16H,3-5H2. The van der Waals surface area contributed by atoms with Crippen LogP contribution in [0.5, 0.6) is 5.75 Å². The highest BCUT2D eigenvalue weighted by Gasteiger charge is 2.42. The highest BCUT2D eigenvalue weighted by atomic mass is 19.1. The van der Waals surface area contributed by atoms with E-state index in [1.54, 1.807) is 0 Å². The molecular formula is C11H10F4O2. The predicted octanol–water partition coefficient (Wildman–Crippen LogP) is 2.46. The largest absolute Gasteiger partial charge is 0.478 e. The molecule has 0 amide bonds. The molecule has 1 heterocycles. The third kappa shape index (κ3) is 1.97. The van der Waals surface area contributed by atoms with E-state index in [2.05, 4.69) is 0 Å². The Bertz CT molecular complexity index is 432. The van der Waals surface area contributed by atoms with Crippen molar-refractivity contribution in [1.82, 2.24) is 0 Å². The molecule has 0 radical (unpaired) electrons. The van der Waals surface area contributed by atoms with Crippen molar-refractivity contribution in [2.45, 2.75) is 18.1 Å². The van der Waals surface area contributed by atoms with E-state index in [9.17, 15) is 22.7 Å². The molecule has 1 aliphatic rings. The number of benzene rings is 1. The molecule has 0 saturated carbocycles. The smallest absolute Gasteiger partial charge is 0.168 e. The van der Waals surface area contributed by atoms with Crippen LogP contribution < -0.4 is 4.74 Å². The first-order valence-electron chi connectivity index (χ1n) is 4.99. The minimum absolute atomic E-state index is 0.125. The van der Waals surface area contributed by atoms with Crippen LogP contribution in [0.15, 0.2) is 12.1 Å². The van der Waals surface area contributed by atoms with Crippen molar-refractivity contribution in [2.24, 2.45) is 0 Å². The maximum absolute atomic E-state index is 13.4. The van der Waals surface area contributed by atoms with Crippen LogP contribution in [0.1, 0.15) is 18.1 Å². The van der Waals surface area contributed by atoms with E-state index in [1.165, 1.54) is 0 Å². The average molecular weight is 250 g/mol. The Kier molecular flexibility index (Phi) is 2.99. The fraction of sp³-hybridized carbons (Fsp3) is 0.455. The summed E-state index contributed by atoms with van der Waals surface area (Å²) in [6, 6.07) is 1.43. The lowest BCUT2D eigenvalue weighted by Gasteiger charge is -2.37. The van der Waals surface area contributed by atoms with Gasteiger partial charge in [0.05, 0.1) is 6.10 Å². The zero-order valence-corrected chi connectivity index (χ0v) is 8.72. The van der Waals surface area contributed by atoms with Crippen LogP contribution in [-0.2, 0) is 0 Å². The molecule has 1 aromatic rings. The van der Waals surface area contributed by atoms with Crippen molar-refractivity contribution in [3.63, 3.8) is 0 Å². The summed E-state index contributed by atoms with van der Waals surface area (Å²) in [7, 11) is 0. The van der Waals surface area contributed by atoms with E-state index in [0.717, 1.165) is 6.07 Å². The Morgan fingerprint density at radius 3 is 2.53 bits per heavy atom. The summed E-state index contributed by atoms with van der Waals surface area (Å²) in [5.74, 6) is -2.44. The van der Waals surface area contributed by atoms with Crippen LogP contribution in [0.2, 0.25) is 0 Å². The molecule has 0 spiro atoms. The number of fused-ring (bicyclic) bond motifs is 1. The second-order valence-electron chi connectivity index (χ2n) is 4.08. The summed E-state index contributed by atoms with van der Waals surface area (Å²) in [5, 5.41) is 9.66. The van der Waals surface area contributed by atoms with Gasteiger partial charge >= 0.3 is 0 Å². The number of ether oxygens (including phenoxy) is 1. The molecule has 0 aromatic heterocycles. The summed E-state index contributed by atoms with van der Waals surface area (Å²) < 4.78 is 56.7. The van der Waals surface area contributed by atoms with Gasteiger partial charge in [-0.25, -0.2) is 17.6 Å². The molecule has 0 bridgehead atoms. The second kappa shape index (κ2) is 4.18. The number of alkyl halides is 2. The van der Waals surface area contributed by atoms with E-state index in [-0.39, 0.29) is 12.0 Å². The van der Waals surface area contributed by atoms with Gasteiger partial charge in [-0.1, -0.05) is 0 Å². The highest BCUT2D eigenvalue weighted by Crippen LogP contribution is 2.42. The zero-order chi connectivity index (χ0) is 12.6. The molecule has 6 heteroatoms. The molecule has 2 nitrogen and oxygen atoms in total. The molecule has 1 atom stereocenters. The van der Waals surface area contributed by atoms with Gasteiger partial charge in [0, 0.05) is 18.1 Å². The minimum Gasteiger partial charge on any atom is -0.478 e. The fourth-order valence-electron chi connectivity index (χ4n) is 1.86. The van der Waals surface area contributed by atoms with Gasteiger partial charge in [-0.15, -0.1) is 0 Å². The van der Waals surface area contributed by atoms with Crippen molar-refractivity contribution in [3.05, 3.63) is 29.3 Å². The second-order valence-corrected chi connectivity index (χ2v) is 4.08. The van der Waals surface area contributed by atoms with Crippen molar-refractivity contribution >= 4 is 0 Å². The lowest BCUT2D eigenvalue weighted by molar-refractivity contribution is -0.0472. The Balaban J connectivity index is 2.49. The van der Waals surface area contributed by atoms with Crippen LogP contribution in [0, 0.1) is 11.6 Å². The summed E-state index contributed by atoms with van der Waals surface area (Å²) in [6.07, 6.45) is -1.73. The predicted molar refractivity (Wildman–Crippen MR) is 51.2 cm³/mol. The summed E-state index contributed by atoms with van der Waals surface area (Å²) in [6.45, 7) is -2.40. The molecule has 0 fully saturated rings. The molecule has 17 heavy (non-hydrogen) atoms. The monoisotopic (exact) mass is 250 g/mol. The third-order valence-corrected chi connectivity index (χ3v) is 2.77. The van der Waals surface area contributed by atoms with Gasteiger partial charge < -0.3 is 9.84 Å². The van der Waals surface area contributed by atoms with Gasteiger partial charge in [-0.3, -0.25) is 0 Å². The van der Waals surface area contributed by atoms with E-state index in [4.69, 9.17) is 4.74 Å². The van der Waals surface area contributed by atoms with Crippen molar-refractivity contribution in [2.75, 3.05) is 13.3 Å². The van der Waals surface area contributed by atoms with Gasteiger partial charge in [0.15, 0.2) is 17.2 Å².